The lowest BCUT2D eigenvalue weighted by molar-refractivity contribution is -0.139. The molecular formula is C27H26N2O6. The Labute approximate surface area is 202 Å². The second-order valence-corrected chi connectivity index (χ2v) is 8.24. The molecule has 0 saturated carbocycles. The molecule has 0 aromatic heterocycles. The minimum atomic E-state index is -1.30. The van der Waals surface area contributed by atoms with Crippen molar-refractivity contribution in [1.29, 1.82) is 0 Å². The summed E-state index contributed by atoms with van der Waals surface area (Å²) in [6.45, 7) is 0.488. The van der Waals surface area contributed by atoms with Gasteiger partial charge in [0.2, 0.25) is 5.91 Å². The van der Waals surface area contributed by atoms with Crippen LogP contribution in [0.25, 0.3) is 11.1 Å². The first-order valence-corrected chi connectivity index (χ1v) is 11.2. The third kappa shape index (κ3) is 5.67. The minimum absolute atomic E-state index is 0.0578. The maximum Gasteiger partial charge on any atom is 0.407 e. The zero-order chi connectivity index (χ0) is 24.8. The molecule has 0 radical (unpaired) electrons. The van der Waals surface area contributed by atoms with Gasteiger partial charge in [0.05, 0.1) is 13.0 Å². The van der Waals surface area contributed by atoms with Gasteiger partial charge < -0.3 is 25.2 Å². The summed E-state index contributed by atoms with van der Waals surface area (Å²) in [6, 6.07) is 21.5. The Morgan fingerprint density at radius 3 is 2.09 bits per heavy atom. The average Bonchev–Trinajstić information content (AvgIpc) is 3.17. The molecule has 0 aliphatic heterocycles. The van der Waals surface area contributed by atoms with Gasteiger partial charge in [-0.1, -0.05) is 60.7 Å². The highest BCUT2D eigenvalue weighted by molar-refractivity contribution is 5.98. The highest BCUT2D eigenvalue weighted by Crippen LogP contribution is 2.44. The number of anilines is 1. The molecule has 2 amide bonds. The summed E-state index contributed by atoms with van der Waals surface area (Å²) in [5.41, 5.74) is 5.69. The zero-order valence-corrected chi connectivity index (χ0v) is 19.2. The Morgan fingerprint density at radius 1 is 0.914 bits per heavy atom. The highest BCUT2D eigenvalue weighted by Gasteiger charge is 2.30. The van der Waals surface area contributed by atoms with Crippen LogP contribution in [0.2, 0.25) is 0 Å². The quantitative estimate of drug-likeness (QED) is 0.429. The Balaban J connectivity index is 1.40. The third-order valence-electron chi connectivity index (χ3n) is 5.86. The number of hydrogen-bond acceptors (Lipinski definition) is 5. The molecular weight excluding hydrogens is 448 g/mol. The molecule has 8 heteroatoms. The maximum atomic E-state index is 12.7. The van der Waals surface area contributed by atoms with Crippen molar-refractivity contribution < 1.29 is 29.0 Å². The molecule has 180 valence electrons. The summed E-state index contributed by atoms with van der Waals surface area (Å²) < 4.78 is 10.5. The van der Waals surface area contributed by atoms with Gasteiger partial charge in [-0.25, -0.2) is 4.79 Å². The summed E-state index contributed by atoms with van der Waals surface area (Å²) >= 11 is 0. The molecule has 4 rings (SSSR count). The first kappa shape index (κ1) is 24.0. The highest BCUT2D eigenvalue weighted by atomic mass is 16.5. The molecule has 0 spiro atoms. The van der Waals surface area contributed by atoms with Gasteiger partial charge in [0.25, 0.3) is 0 Å². The molecule has 1 atom stereocenters. The van der Waals surface area contributed by atoms with Crippen LogP contribution in [0.15, 0.2) is 72.8 Å². The Bertz CT molecular complexity index is 1180. The van der Waals surface area contributed by atoms with Crippen LogP contribution in [0, 0.1) is 0 Å². The number of hydrogen-bond donors (Lipinski definition) is 3. The maximum absolute atomic E-state index is 12.7. The van der Waals surface area contributed by atoms with Crippen molar-refractivity contribution in [2.45, 2.75) is 25.0 Å². The van der Waals surface area contributed by atoms with Crippen molar-refractivity contribution in [2.24, 2.45) is 0 Å². The molecule has 1 unspecified atom stereocenters. The number of amides is 2. The number of fused-ring (bicyclic) bond motifs is 3. The molecule has 0 bridgehead atoms. The van der Waals surface area contributed by atoms with Gasteiger partial charge in [0, 0.05) is 18.7 Å². The van der Waals surface area contributed by atoms with Crippen LogP contribution >= 0.6 is 0 Å². The SMILES string of the molecule is COCc1ccc(NC(=O)C(CC(=O)O)NC(=O)OCC2c3ccccc3-c3ccccc32)cc1. The van der Waals surface area contributed by atoms with Gasteiger partial charge in [0.1, 0.15) is 12.6 Å². The van der Waals surface area contributed by atoms with Crippen LogP contribution in [0.5, 0.6) is 0 Å². The lowest BCUT2D eigenvalue weighted by Gasteiger charge is -2.19. The molecule has 3 aromatic carbocycles. The molecule has 0 fully saturated rings. The minimum Gasteiger partial charge on any atom is -0.481 e. The molecule has 0 heterocycles. The van der Waals surface area contributed by atoms with Crippen LogP contribution in [0.4, 0.5) is 10.5 Å². The van der Waals surface area contributed by atoms with E-state index in [0.29, 0.717) is 12.3 Å². The van der Waals surface area contributed by atoms with Crippen LogP contribution in [-0.4, -0.2) is 42.8 Å². The number of carboxylic acid groups (broad SMARTS) is 1. The number of carbonyl (C=O) groups is 3. The number of benzene rings is 3. The summed E-state index contributed by atoms with van der Waals surface area (Å²) in [5, 5.41) is 14.3. The topological polar surface area (TPSA) is 114 Å². The van der Waals surface area contributed by atoms with Crippen molar-refractivity contribution in [3.8, 4) is 11.1 Å². The Hall–Kier alpha value is -4.17. The second kappa shape index (κ2) is 10.8. The number of ether oxygens (including phenoxy) is 2. The van der Waals surface area contributed by atoms with E-state index in [9.17, 15) is 19.5 Å². The number of rotatable bonds is 9. The predicted molar refractivity (Wildman–Crippen MR) is 130 cm³/mol. The lowest BCUT2D eigenvalue weighted by atomic mass is 9.98. The number of methoxy groups -OCH3 is 1. The number of alkyl carbamates (subject to hydrolysis) is 1. The van der Waals surface area contributed by atoms with E-state index in [2.05, 4.69) is 10.6 Å². The van der Waals surface area contributed by atoms with E-state index < -0.39 is 30.4 Å². The van der Waals surface area contributed by atoms with E-state index in [0.717, 1.165) is 27.8 Å². The normalized spacial score (nSPS) is 12.8. The predicted octanol–water partition coefficient (Wildman–Crippen LogP) is 4.15. The molecule has 3 aromatic rings. The fourth-order valence-corrected chi connectivity index (χ4v) is 4.25. The van der Waals surface area contributed by atoms with Crippen LogP contribution in [0.3, 0.4) is 0 Å². The van der Waals surface area contributed by atoms with Gasteiger partial charge in [-0.3, -0.25) is 9.59 Å². The molecule has 1 aliphatic rings. The van der Waals surface area contributed by atoms with Crippen LogP contribution < -0.4 is 10.6 Å². The number of carboxylic acids is 1. The van der Waals surface area contributed by atoms with Crippen molar-refractivity contribution in [3.05, 3.63) is 89.5 Å². The van der Waals surface area contributed by atoms with Crippen molar-refractivity contribution in [1.82, 2.24) is 5.32 Å². The lowest BCUT2D eigenvalue weighted by Crippen LogP contribution is -2.45. The van der Waals surface area contributed by atoms with E-state index in [1.165, 1.54) is 0 Å². The third-order valence-corrected chi connectivity index (χ3v) is 5.86. The summed E-state index contributed by atoms with van der Waals surface area (Å²) in [7, 11) is 1.58. The Kier molecular flexibility index (Phi) is 7.42. The standard InChI is InChI=1S/C27H26N2O6/c1-34-15-17-10-12-18(13-11-17)28-26(32)24(14-25(30)31)29-27(33)35-16-23-21-8-4-2-6-19(21)20-7-3-5-9-22(20)23/h2-13,23-24H,14-16H2,1H3,(H,28,32)(H,29,33)(H,30,31). The number of nitrogens with one attached hydrogen (secondary N) is 2. The molecule has 0 saturated heterocycles. The van der Waals surface area contributed by atoms with E-state index in [1.54, 1.807) is 31.4 Å². The monoisotopic (exact) mass is 474 g/mol. The second-order valence-electron chi connectivity index (χ2n) is 8.24. The van der Waals surface area contributed by atoms with Gasteiger partial charge >= 0.3 is 12.1 Å². The van der Waals surface area contributed by atoms with Crippen LogP contribution in [-0.2, 0) is 25.7 Å². The van der Waals surface area contributed by atoms with E-state index in [-0.39, 0.29) is 12.5 Å². The van der Waals surface area contributed by atoms with Gasteiger partial charge in [0.15, 0.2) is 0 Å². The number of carbonyl (C=O) groups excluding carboxylic acids is 2. The van der Waals surface area contributed by atoms with E-state index in [1.807, 2.05) is 48.5 Å². The Morgan fingerprint density at radius 2 is 1.51 bits per heavy atom. The molecule has 8 nitrogen and oxygen atoms in total. The van der Waals surface area contributed by atoms with Gasteiger partial charge in [-0.15, -0.1) is 0 Å². The van der Waals surface area contributed by atoms with Crippen molar-refractivity contribution in [2.75, 3.05) is 19.0 Å². The summed E-state index contributed by atoms with van der Waals surface area (Å²) in [5.74, 6) is -2.02. The summed E-state index contributed by atoms with van der Waals surface area (Å²) in [4.78, 5) is 36.6. The smallest absolute Gasteiger partial charge is 0.407 e. The van der Waals surface area contributed by atoms with Crippen molar-refractivity contribution >= 4 is 23.7 Å². The fraction of sp³-hybridized carbons (Fsp3) is 0.222. The van der Waals surface area contributed by atoms with Gasteiger partial charge in [-0.2, -0.15) is 0 Å². The largest absolute Gasteiger partial charge is 0.481 e. The summed E-state index contributed by atoms with van der Waals surface area (Å²) in [6.07, 6.45) is -1.44. The average molecular weight is 475 g/mol. The zero-order valence-electron chi connectivity index (χ0n) is 19.2. The molecule has 35 heavy (non-hydrogen) atoms. The molecule has 3 N–H and O–H groups in total. The molecule has 1 aliphatic carbocycles. The first-order chi connectivity index (χ1) is 17.0. The fourth-order valence-electron chi connectivity index (χ4n) is 4.25. The van der Waals surface area contributed by atoms with Crippen molar-refractivity contribution in [3.63, 3.8) is 0 Å². The number of aliphatic carboxylic acids is 1. The van der Waals surface area contributed by atoms with E-state index in [4.69, 9.17) is 9.47 Å². The van der Waals surface area contributed by atoms with Crippen LogP contribution in [0.1, 0.15) is 29.0 Å². The van der Waals surface area contributed by atoms with E-state index >= 15 is 0 Å². The van der Waals surface area contributed by atoms with Gasteiger partial charge in [-0.05, 0) is 39.9 Å². The first-order valence-electron chi connectivity index (χ1n) is 11.2.